The Bertz CT molecular complexity index is 516. The van der Waals surface area contributed by atoms with Crippen molar-refractivity contribution in [2.45, 2.75) is 25.3 Å². The Balaban J connectivity index is 1.70. The van der Waals surface area contributed by atoms with Gasteiger partial charge in [-0.15, -0.1) is 11.3 Å². The fourth-order valence-electron chi connectivity index (χ4n) is 2.79. The fraction of sp³-hybridized carbons (Fsp3) is 0.583. The lowest BCUT2D eigenvalue weighted by atomic mass is 9.85. The molecule has 2 fully saturated rings. The Morgan fingerprint density at radius 1 is 1.53 bits per heavy atom. The first-order valence-electron chi connectivity index (χ1n) is 6.36. The summed E-state index contributed by atoms with van der Waals surface area (Å²) in [7, 11) is 0. The van der Waals surface area contributed by atoms with Crippen LogP contribution < -0.4 is 10.2 Å². The molecule has 0 spiro atoms. The molecule has 0 saturated carbocycles. The monoisotopic (exact) mass is 281 g/mol. The number of carbonyl (C=O) groups is 2. The zero-order valence-electron chi connectivity index (χ0n) is 10.3. The molecular weight excluding hydrogens is 266 g/mol. The maximum atomic E-state index is 11.3. The molecule has 2 N–H and O–H groups in total. The third kappa shape index (κ3) is 2.42. The van der Waals surface area contributed by atoms with Crippen molar-refractivity contribution < 1.29 is 14.7 Å². The van der Waals surface area contributed by atoms with Gasteiger partial charge in [0.05, 0.1) is 0 Å². The van der Waals surface area contributed by atoms with Gasteiger partial charge in [0.2, 0.25) is 5.91 Å². The van der Waals surface area contributed by atoms with Crippen LogP contribution in [0, 0.1) is 5.92 Å². The van der Waals surface area contributed by atoms with E-state index < -0.39 is 5.97 Å². The highest BCUT2D eigenvalue weighted by atomic mass is 32.1. The maximum Gasteiger partial charge on any atom is 0.355 e. The van der Waals surface area contributed by atoms with Gasteiger partial charge in [-0.25, -0.2) is 9.78 Å². The van der Waals surface area contributed by atoms with Gasteiger partial charge in [0.15, 0.2) is 10.8 Å². The molecule has 1 amide bonds. The number of rotatable bonds is 2. The minimum absolute atomic E-state index is 0.110. The van der Waals surface area contributed by atoms with Crippen molar-refractivity contribution in [3.05, 3.63) is 11.1 Å². The van der Waals surface area contributed by atoms with Crippen molar-refractivity contribution in [1.82, 2.24) is 10.3 Å². The van der Waals surface area contributed by atoms with E-state index >= 15 is 0 Å². The number of carboxylic acids is 1. The largest absolute Gasteiger partial charge is 0.476 e. The molecule has 0 radical (unpaired) electrons. The quantitative estimate of drug-likeness (QED) is 0.843. The van der Waals surface area contributed by atoms with Gasteiger partial charge in [0.1, 0.15) is 0 Å². The molecule has 2 unspecified atom stereocenters. The van der Waals surface area contributed by atoms with Crippen LogP contribution in [0.2, 0.25) is 0 Å². The first-order valence-corrected chi connectivity index (χ1v) is 7.24. The van der Waals surface area contributed by atoms with Crippen LogP contribution in [0.15, 0.2) is 5.38 Å². The number of hydrogen-bond acceptors (Lipinski definition) is 5. The number of amides is 1. The van der Waals surface area contributed by atoms with Crippen LogP contribution in [0.3, 0.4) is 0 Å². The zero-order valence-corrected chi connectivity index (χ0v) is 11.2. The molecule has 2 atom stereocenters. The number of piperidine rings is 2. The number of carboxylic acid groups (broad SMARTS) is 1. The van der Waals surface area contributed by atoms with Crippen LogP contribution in [-0.2, 0) is 4.79 Å². The molecule has 2 aliphatic rings. The first kappa shape index (κ1) is 12.4. The third-order valence-corrected chi connectivity index (χ3v) is 4.71. The Hall–Kier alpha value is -1.63. The van der Waals surface area contributed by atoms with Crippen LogP contribution in [-0.4, -0.2) is 41.1 Å². The van der Waals surface area contributed by atoms with Gasteiger partial charge in [-0.2, -0.15) is 0 Å². The third-order valence-electron chi connectivity index (χ3n) is 3.80. The highest BCUT2D eigenvalue weighted by Crippen LogP contribution is 2.30. The second-order valence-corrected chi connectivity index (χ2v) is 5.86. The van der Waals surface area contributed by atoms with Crippen molar-refractivity contribution in [2.24, 2.45) is 5.92 Å². The molecule has 3 heterocycles. The zero-order chi connectivity index (χ0) is 13.4. The van der Waals surface area contributed by atoms with E-state index in [1.54, 1.807) is 5.38 Å². The summed E-state index contributed by atoms with van der Waals surface area (Å²) in [6, 6.07) is 0.274. The molecule has 3 rings (SSSR count). The summed E-state index contributed by atoms with van der Waals surface area (Å²) in [5, 5.41) is 14.3. The van der Waals surface area contributed by atoms with Gasteiger partial charge in [0.25, 0.3) is 0 Å². The van der Waals surface area contributed by atoms with Crippen molar-refractivity contribution in [3.63, 3.8) is 0 Å². The Kier molecular flexibility index (Phi) is 3.14. The highest BCUT2D eigenvalue weighted by Gasteiger charge is 2.34. The van der Waals surface area contributed by atoms with E-state index in [-0.39, 0.29) is 17.6 Å². The van der Waals surface area contributed by atoms with E-state index in [0.29, 0.717) is 12.3 Å². The van der Waals surface area contributed by atoms with E-state index in [0.717, 1.165) is 31.1 Å². The molecule has 2 aliphatic heterocycles. The molecule has 0 aromatic carbocycles. The van der Waals surface area contributed by atoms with Crippen LogP contribution in [0.4, 0.5) is 5.13 Å². The summed E-state index contributed by atoms with van der Waals surface area (Å²) in [6.45, 7) is 1.66. The molecule has 1 aromatic heterocycles. The number of aromatic carboxylic acids is 1. The molecule has 1 aromatic rings. The normalized spacial score (nSPS) is 26.7. The number of anilines is 1. The van der Waals surface area contributed by atoms with E-state index in [2.05, 4.69) is 15.2 Å². The molecule has 6 nitrogen and oxygen atoms in total. The van der Waals surface area contributed by atoms with Crippen molar-refractivity contribution in [2.75, 3.05) is 18.0 Å². The number of fused-ring (bicyclic) bond motifs is 1. The first-order chi connectivity index (χ1) is 9.13. The predicted molar refractivity (Wildman–Crippen MR) is 70.6 cm³/mol. The fourth-order valence-corrected chi connectivity index (χ4v) is 3.63. The molecule has 0 bridgehead atoms. The summed E-state index contributed by atoms with van der Waals surface area (Å²) in [5.74, 6) is -0.386. The van der Waals surface area contributed by atoms with E-state index in [1.165, 1.54) is 11.3 Å². The number of hydrogen-bond donors (Lipinski definition) is 2. The summed E-state index contributed by atoms with van der Waals surface area (Å²) in [5.41, 5.74) is 0.110. The van der Waals surface area contributed by atoms with Crippen LogP contribution in [0.25, 0.3) is 0 Å². The number of carbonyl (C=O) groups excluding carboxylic acids is 1. The summed E-state index contributed by atoms with van der Waals surface area (Å²) in [6.07, 6.45) is 2.40. The number of nitrogens with one attached hydrogen (secondary N) is 1. The molecule has 7 heteroatoms. The van der Waals surface area contributed by atoms with Gasteiger partial charge in [-0.1, -0.05) is 0 Å². The molecule has 0 aliphatic carbocycles. The molecule has 19 heavy (non-hydrogen) atoms. The standard InChI is InChI=1S/C12H15N3O3S/c16-10-2-1-7-5-15(4-3-8(7)13-10)12-14-9(6-19-12)11(17)18/h6-8H,1-5H2,(H,13,16)(H,17,18). The van der Waals surface area contributed by atoms with E-state index in [4.69, 9.17) is 5.11 Å². The van der Waals surface area contributed by atoms with Crippen LogP contribution in [0.5, 0.6) is 0 Å². The number of aromatic nitrogens is 1. The molecule has 102 valence electrons. The van der Waals surface area contributed by atoms with Gasteiger partial charge in [-0.3, -0.25) is 4.79 Å². The Labute approximate surface area is 114 Å². The Morgan fingerprint density at radius 3 is 3.11 bits per heavy atom. The van der Waals surface area contributed by atoms with Gasteiger partial charge < -0.3 is 15.3 Å². The van der Waals surface area contributed by atoms with Crippen LogP contribution in [0.1, 0.15) is 29.8 Å². The van der Waals surface area contributed by atoms with Crippen molar-refractivity contribution in [3.8, 4) is 0 Å². The number of nitrogens with zero attached hydrogens (tertiary/aromatic N) is 2. The predicted octanol–water partition coefficient (Wildman–Crippen LogP) is 0.946. The highest BCUT2D eigenvalue weighted by molar-refractivity contribution is 7.13. The minimum atomic E-state index is -0.984. The second kappa shape index (κ2) is 4.80. The average Bonchev–Trinajstić information content (AvgIpc) is 2.88. The lowest BCUT2D eigenvalue weighted by Gasteiger charge is -2.41. The maximum absolute atomic E-state index is 11.3. The summed E-state index contributed by atoms with van der Waals surface area (Å²) in [4.78, 5) is 28.5. The lowest BCUT2D eigenvalue weighted by Crippen LogP contribution is -2.54. The minimum Gasteiger partial charge on any atom is -0.476 e. The summed E-state index contributed by atoms with van der Waals surface area (Å²) < 4.78 is 0. The van der Waals surface area contributed by atoms with Gasteiger partial charge >= 0.3 is 5.97 Å². The molecular formula is C12H15N3O3S. The average molecular weight is 281 g/mol. The van der Waals surface area contributed by atoms with E-state index in [1.807, 2.05) is 0 Å². The topological polar surface area (TPSA) is 82.5 Å². The van der Waals surface area contributed by atoms with Crippen molar-refractivity contribution >= 4 is 28.3 Å². The van der Waals surface area contributed by atoms with Gasteiger partial charge in [0, 0.05) is 30.9 Å². The van der Waals surface area contributed by atoms with Gasteiger partial charge in [-0.05, 0) is 18.8 Å². The summed E-state index contributed by atoms with van der Waals surface area (Å²) >= 11 is 1.37. The van der Waals surface area contributed by atoms with Crippen LogP contribution >= 0.6 is 11.3 Å². The molecule has 2 saturated heterocycles. The second-order valence-electron chi connectivity index (χ2n) is 5.03. The van der Waals surface area contributed by atoms with Crippen molar-refractivity contribution in [1.29, 1.82) is 0 Å². The Morgan fingerprint density at radius 2 is 2.37 bits per heavy atom. The lowest BCUT2D eigenvalue weighted by molar-refractivity contribution is -0.124. The SMILES string of the molecule is O=C1CCC2CN(c3nc(C(=O)O)cs3)CCC2N1. The smallest absolute Gasteiger partial charge is 0.355 e. The number of thiazole rings is 1. The van der Waals surface area contributed by atoms with E-state index in [9.17, 15) is 9.59 Å².